The predicted molar refractivity (Wildman–Crippen MR) is 72.4 cm³/mol. The molecule has 0 saturated carbocycles. The lowest BCUT2D eigenvalue weighted by molar-refractivity contribution is 0.0984. The number of rotatable bonds is 3. The molecule has 1 amide bonds. The van der Waals surface area contributed by atoms with Gasteiger partial charge in [0.25, 0.3) is 5.91 Å². The molecule has 0 unspecified atom stereocenters. The van der Waals surface area contributed by atoms with Crippen LogP contribution in [0.4, 0.5) is 11.4 Å². The summed E-state index contributed by atoms with van der Waals surface area (Å²) in [6.45, 7) is 2.49. The van der Waals surface area contributed by atoms with Crippen molar-refractivity contribution in [3.05, 3.63) is 54.4 Å². The van der Waals surface area contributed by atoms with Crippen molar-refractivity contribution in [1.29, 1.82) is 0 Å². The minimum Gasteiger partial charge on any atom is -0.397 e. The summed E-state index contributed by atoms with van der Waals surface area (Å²) in [5, 5.41) is 0. The van der Waals surface area contributed by atoms with Crippen LogP contribution in [0.25, 0.3) is 0 Å². The lowest BCUT2D eigenvalue weighted by Gasteiger charge is -2.21. The summed E-state index contributed by atoms with van der Waals surface area (Å²) in [5.41, 5.74) is 7.32. The number of hydrogen-bond acceptors (Lipinski definition) is 3. The molecule has 1 aromatic carbocycles. The van der Waals surface area contributed by atoms with Gasteiger partial charge >= 0.3 is 0 Å². The zero-order valence-electron chi connectivity index (χ0n) is 10.2. The molecule has 0 radical (unpaired) electrons. The molecule has 0 aliphatic carbocycles. The fraction of sp³-hybridized carbons (Fsp3) is 0.143. The van der Waals surface area contributed by atoms with Gasteiger partial charge in [0.05, 0.1) is 5.69 Å². The molecular formula is C14H15N3O. The van der Waals surface area contributed by atoms with Crippen LogP contribution in [0.2, 0.25) is 0 Å². The fourth-order valence-electron chi connectivity index (χ4n) is 1.78. The molecule has 1 aromatic heterocycles. The first-order valence-corrected chi connectivity index (χ1v) is 5.81. The number of pyridine rings is 1. The molecule has 0 spiro atoms. The van der Waals surface area contributed by atoms with E-state index in [1.54, 1.807) is 23.2 Å². The van der Waals surface area contributed by atoms with Crippen LogP contribution in [-0.4, -0.2) is 17.4 Å². The highest BCUT2D eigenvalue weighted by Crippen LogP contribution is 2.18. The summed E-state index contributed by atoms with van der Waals surface area (Å²) in [7, 11) is 0. The number of benzene rings is 1. The number of nitrogens with zero attached hydrogens (tertiary/aromatic N) is 2. The zero-order valence-corrected chi connectivity index (χ0v) is 10.2. The van der Waals surface area contributed by atoms with E-state index in [1.807, 2.05) is 37.3 Å². The number of amides is 1. The maximum Gasteiger partial charge on any atom is 0.278 e. The maximum absolute atomic E-state index is 12.4. The lowest BCUT2D eigenvalue weighted by atomic mass is 10.2. The lowest BCUT2D eigenvalue weighted by Crippen LogP contribution is -2.31. The summed E-state index contributed by atoms with van der Waals surface area (Å²) < 4.78 is 0. The van der Waals surface area contributed by atoms with Crippen LogP contribution in [0.15, 0.2) is 48.7 Å². The van der Waals surface area contributed by atoms with Gasteiger partial charge in [0.1, 0.15) is 0 Å². The van der Waals surface area contributed by atoms with Crippen LogP contribution in [-0.2, 0) is 0 Å². The Kier molecular flexibility index (Phi) is 3.57. The average molecular weight is 241 g/mol. The Morgan fingerprint density at radius 2 is 1.94 bits per heavy atom. The molecule has 0 bridgehead atoms. The molecule has 92 valence electrons. The molecule has 18 heavy (non-hydrogen) atoms. The van der Waals surface area contributed by atoms with Crippen molar-refractivity contribution in [2.45, 2.75) is 6.92 Å². The predicted octanol–water partition coefficient (Wildman–Crippen LogP) is 2.33. The Hall–Kier alpha value is -2.36. The normalized spacial score (nSPS) is 10.1. The van der Waals surface area contributed by atoms with Crippen LogP contribution in [0.3, 0.4) is 0 Å². The first-order valence-electron chi connectivity index (χ1n) is 5.81. The van der Waals surface area contributed by atoms with Crippen molar-refractivity contribution in [2.75, 3.05) is 17.2 Å². The number of carbonyl (C=O) groups is 1. The summed E-state index contributed by atoms with van der Waals surface area (Å²) >= 11 is 0. The van der Waals surface area contributed by atoms with Gasteiger partial charge < -0.3 is 10.6 Å². The number of aromatic nitrogens is 1. The Bertz CT molecular complexity index is 540. The summed E-state index contributed by atoms with van der Waals surface area (Å²) in [6, 6.07) is 12.9. The van der Waals surface area contributed by atoms with E-state index in [0.717, 1.165) is 5.69 Å². The van der Waals surface area contributed by atoms with Gasteiger partial charge in [-0.1, -0.05) is 18.2 Å². The third-order valence-electron chi connectivity index (χ3n) is 2.67. The molecule has 2 aromatic rings. The van der Waals surface area contributed by atoms with Crippen molar-refractivity contribution in [1.82, 2.24) is 4.98 Å². The van der Waals surface area contributed by atoms with E-state index in [-0.39, 0.29) is 5.91 Å². The van der Waals surface area contributed by atoms with Gasteiger partial charge in [0, 0.05) is 18.4 Å². The molecule has 4 heteroatoms. The highest BCUT2D eigenvalue weighted by Gasteiger charge is 2.18. The molecule has 0 fully saturated rings. The van der Waals surface area contributed by atoms with Gasteiger partial charge in [0.2, 0.25) is 0 Å². The highest BCUT2D eigenvalue weighted by atomic mass is 16.2. The quantitative estimate of drug-likeness (QED) is 0.897. The monoisotopic (exact) mass is 241 g/mol. The second kappa shape index (κ2) is 5.31. The van der Waals surface area contributed by atoms with Crippen molar-refractivity contribution in [3.63, 3.8) is 0 Å². The summed E-state index contributed by atoms with van der Waals surface area (Å²) in [6.07, 6.45) is 1.57. The van der Waals surface area contributed by atoms with Gasteiger partial charge in [-0.05, 0) is 31.2 Å². The SMILES string of the molecule is CCN(C(=O)c1ncccc1N)c1ccccc1. The van der Waals surface area contributed by atoms with E-state index < -0.39 is 0 Å². The maximum atomic E-state index is 12.4. The molecule has 4 nitrogen and oxygen atoms in total. The molecule has 0 aliphatic rings. The molecule has 0 aliphatic heterocycles. The van der Waals surface area contributed by atoms with Gasteiger partial charge in [-0.15, -0.1) is 0 Å². The molecule has 0 saturated heterocycles. The van der Waals surface area contributed by atoms with Crippen LogP contribution in [0.5, 0.6) is 0 Å². The average Bonchev–Trinajstić information content (AvgIpc) is 2.41. The van der Waals surface area contributed by atoms with Crippen molar-refractivity contribution in [3.8, 4) is 0 Å². The number of carbonyl (C=O) groups excluding carboxylic acids is 1. The van der Waals surface area contributed by atoms with Crippen LogP contribution in [0, 0.1) is 0 Å². The van der Waals surface area contributed by atoms with Crippen LogP contribution in [0.1, 0.15) is 17.4 Å². The van der Waals surface area contributed by atoms with E-state index in [0.29, 0.717) is 17.9 Å². The van der Waals surface area contributed by atoms with Crippen molar-refractivity contribution >= 4 is 17.3 Å². The summed E-state index contributed by atoms with van der Waals surface area (Å²) in [5.74, 6) is -0.179. The first kappa shape index (κ1) is 12.1. The van der Waals surface area contributed by atoms with Gasteiger partial charge in [0.15, 0.2) is 5.69 Å². The fourth-order valence-corrected chi connectivity index (χ4v) is 1.78. The van der Waals surface area contributed by atoms with Gasteiger partial charge in [-0.3, -0.25) is 4.79 Å². The topological polar surface area (TPSA) is 59.2 Å². The molecular weight excluding hydrogens is 226 g/mol. The number of nitrogens with two attached hydrogens (primary N) is 1. The van der Waals surface area contributed by atoms with E-state index in [1.165, 1.54) is 0 Å². The minimum absolute atomic E-state index is 0.179. The summed E-state index contributed by atoms with van der Waals surface area (Å²) in [4.78, 5) is 18.1. The third-order valence-corrected chi connectivity index (χ3v) is 2.67. The highest BCUT2D eigenvalue weighted by molar-refractivity contribution is 6.07. The zero-order chi connectivity index (χ0) is 13.0. The molecule has 2 N–H and O–H groups in total. The second-order valence-corrected chi connectivity index (χ2v) is 3.83. The first-order chi connectivity index (χ1) is 8.74. The standard InChI is InChI=1S/C14H15N3O/c1-2-17(11-7-4-3-5-8-11)14(18)13-12(15)9-6-10-16-13/h3-10H,2,15H2,1H3. The van der Waals surface area contributed by atoms with Crippen LogP contribution < -0.4 is 10.6 Å². The Morgan fingerprint density at radius 1 is 1.22 bits per heavy atom. The van der Waals surface area contributed by atoms with Crippen LogP contribution >= 0.6 is 0 Å². The number of nitrogen functional groups attached to an aromatic ring is 1. The van der Waals surface area contributed by atoms with E-state index in [9.17, 15) is 4.79 Å². The Balaban J connectivity index is 2.35. The Labute approximate surface area is 106 Å². The number of hydrogen-bond donors (Lipinski definition) is 1. The van der Waals surface area contributed by atoms with Crippen molar-refractivity contribution in [2.24, 2.45) is 0 Å². The minimum atomic E-state index is -0.179. The molecule has 1 heterocycles. The van der Waals surface area contributed by atoms with Gasteiger partial charge in [-0.25, -0.2) is 4.98 Å². The number of para-hydroxylation sites is 1. The second-order valence-electron chi connectivity index (χ2n) is 3.83. The third kappa shape index (κ3) is 2.32. The number of anilines is 2. The van der Waals surface area contributed by atoms with Gasteiger partial charge in [-0.2, -0.15) is 0 Å². The van der Waals surface area contributed by atoms with E-state index in [2.05, 4.69) is 4.98 Å². The molecule has 0 atom stereocenters. The van der Waals surface area contributed by atoms with E-state index >= 15 is 0 Å². The van der Waals surface area contributed by atoms with Crippen molar-refractivity contribution < 1.29 is 4.79 Å². The largest absolute Gasteiger partial charge is 0.397 e. The Morgan fingerprint density at radius 3 is 2.56 bits per heavy atom. The smallest absolute Gasteiger partial charge is 0.278 e. The van der Waals surface area contributed by atoms with E-state index in [4.69, 9.17) is 5.73 Å². The molecule has 2 rings (SSSR count).